The van der Waals surface area contributed by atoms with E-state index in [2.05, 4.69) is 10.6 Å². The van der Waals surface area contributed by atoms with Crippen molar-refractivity contribution in [2.75, 3.05) is 5.32 Å². The van der Waals surface area contributed by atoms with Crippen molar-refractivity contribution >= 4 is 46.4 Å². The van der Waals surface area contributed by atoms with Crippen LogP contribution in [0.5, 0.6) is 0 Å². The van der Waals surface area contributed by atoms with E-state index in [9.17, 15) is 4.79 Å². The summed E-state index contributed by atoms with van der Waals surface area (Å²) < 4.78 is 0. The number of hydrogen-bond donors (Lipinski definition) is 2. The topological polar surface area (TPSA) is 41.1 Å². The molecule has 2 atom stereocenters. The molecule has 0 unspecified atom stereocenters. The molecule has 2 aromatic carbocycles. The molecule has 6 heteroatoms. The molecular formula is C17H17Cl3N2O. The van der Waals surface area contributed by atoms with Crippen LogP contribution in [0, 0.1) is 0 Å². The minimum atomic E-state index is -0.396. The Labute approximate surface area is 150 Å². The molecule has 0 bridgehead atoms. The third kappa shape index (κ3) is 5.11. The van der Waals surface area contributed by atoms with Crippen molar-refractivity contribution in [1.82, 2.24) is 5.32 Å². The van der Waals surface area contributed by atoms with Crippen LogP contribution in [0.15, 0.2) is 42.5 Å². The summed E-state index contributed by atoms with van der Waals surface area (Å²) in [4.78, 5) is 12.3. The SMILES string of the molecule is C[C@H](N[C@H](C)C(=O)Nc1ccc(Cl)cc1Cl)c1ccc(Cl)cc1. The van der Waals surface area contributed by atoms with Crippen molar-refractivity contribution < 1.29 is 4.79 Å². The zero-order valence-electron chi connectivity index (χ0n) is 12.7. The summed E-state index contributed by atoms with van der Waals surface area (Å²) in [5, 5.41) is 7.65. The quantitative estimate of drug-likeness (QED) is 0.746. The molecule has 2 aromatic rings. The second-order valence-electron chi connectivity index (χ2n) is 5.28. The predicted molar refractivity (Wildman–Crippen MR) is 97.6 cm³/mol. The molecule has 2 N–H and O–H groups in total. The van der Waals surface area contributed by atoms with Gasteiger partial charge in [-0.2, -0.15) is 0 Å². The van der Waals surface area contributed by atoms with Gasteiger partial charge in [0.05, 0.1) is 16.8 Å². The van der Waals surface area contributed by atoms with Gasteiger partial charge in [-0.25, -0.2) is 0 Å². The van der Waals surface area contributed by atoms with E-state index in [4.69, 9.17) is 34.8 Å². The smallest absolute Gasteiger partial charge is 0.241 e. The van der Waals surface area contributed by atoms with Crippen LogP contribution in [0.1, 0.15) is 25.5 Å². The number of rotatable bonds is 5. The second-order valence-corrected chi connectivity index (χ2v) is 6.56. The fraction of sp³-hybridized carbons (Fsp3) is 0.235. The first-order chi connectivity index (χ1) is 10.9. The lowest BCUT2D eigenvalue weighted by Crippen LogP contribution is -2.39. The predicted octanol–water partition coefficient (Wildman–Crippen LogP) is 5.32. The number of nitrogens with one attached hydrogen (secondary N) is 2. The first kappa shape index (κ1) is 18.1. The lowest BCUT2D eigenvalue weighted by molar-refractivity contribution is -0.117. The fourth-order valence-electron chi connectivity index (χ4n) is 2.13. The van der Waals surface area contributed by atoms with E-state index >= 15 is 0 Å². The molecule has 0 aromatic heterocycles. The molecule has 23 heavy (non-hydrogen) atoms. The Morgan fingerprint density at radius 2 is 1.57 bits per heavy atom. The zero-order valence-corrected chi connectivity index (χ0v) is 15.0. The standard InChI is InChI=1S/C17H17Cl3N2O/c1-10(12-3-5-13(18)6-4-12)21-11(2)17(23)22-16-8-7-14(19)9-15(16)20/h3-11,21H,1-2H3,(H,22,23)/t10-,11+/m0/s1. The third-order valence-corrected chi connectivity index (χ3v) is 4.25. The van der Waals surface area contributed by atoms with Gasteiger partial charge in [0.25, 0.3) is 0 Å². The van der Waals surface area contributed by atoms with E-state index in [1.807, 2.05) is 31.2 Å². The molecule has 0 saturated carbocycles. The molecule has 0 saturated heterocycles. The summed E-state index contributed by atoms with van der Waals surface area (Å²) in [5.74, 6) is -0.171. The average molecular weight is 372 g/mol. The van der Waals surface area contributed by atoms with Crippen LogP contribution in [-0.2, 0) is 4.79 Å². The van der Waals surface area contributed by atoms with Crippen molar-refractivity contribution in [2.45, 2.75) is 25.9 Å². The van der Waals surface area contributed by atoms with Gasteiger partial charge in [0.2, 0.25) is 5.91 Å². The van der Waals surface area contributed by atoms with Gasteiger partial charge >= 0.3 is 0 Å². The molecule has 122 valence electrons. The van der Waals surface area contributed by atoms with E-state index in [1.165, 1.54) is 0 Å². The van der Waals surface area contributed by atoms with Gasteiger partial charge in [-0.1, -0.05) is 46.9 Å². The Morgan fingerprint density at radius 1 is 0.957 bits per heavy atom. The molecule has 1 amide bonds. The molecule has 0 aliphatic rings. The van der Waals surface area contributed by atoms with Crippen LogP contribution >= 0.6 is 34.8 Å². The van der Waals surface area contributed by atoms with Crippen LogP contribution in [0.25, 0.3) is 0 Å². The lowest BCUT2D eigenvalue weighted by Gasteiger charge is -2.20. The minimum absolute atomic E-state index is 0.00806. The first-order valence-electron chi connectivity index (χ1n) is 7.14. The highest BCUT2D eigenvalue weighted by atomic mass is 35.5. The van der Waals surface area contributed by atoms with Gasteiger partial charge in [0.15, 0.2) is 0 Å². The van der Waals surface area contributed by atoms with Crippen LogP contribution in [0.4, 0.5) is 5.69 Å². The van der Waals surface area contributed by atoms with Crippen LogP contribution in [0.2, 0.25) is 15.1 Å². The lowest BCUT2D eigenvalue weighted by atomic mass is 10.1. The Kier molecular flexibility index (Phi) is 6.31. The Balaban J connectivity index is 1.98. The van der Waals surface area contributed by atoms with Gasteiger partial charge in [0.1, 0.15) is 0 Å². The van der Waals surface area contributed by atoms with Crippen molar-refractivity contribution in [3.05, 3.63) is 63.1 Å². The molecule has 0 aliphatic carbocycles. The Morgan fingerprint density at radius 3 is 2.17 bits per heavy atom. The Bertz CT molecular complexity index is 689. The molecule has 0 aliphatic heterocycles. The van der Waals surface area contributed by atoms with Gasteiger partial charge in [-0.3, -0.25) is 10.1 Å². The maximum Gasteiger partial charge on any atom is 0.241 e. The van der Waals surface area contributed by atoms with Crippen molar-refractivity contribution in [2.24, 2.45) is 0 Å². The highest BCUT2D eigenvalue weighted by Gasteiger charge is 2.17. The van der Waals surface area contributed by atoms with Crippen LogP contribution in [0.3, 0.4) is 0 Å². The number of carbonyl (C=O) groups is 1. The summed E-state index contributed by atoms with van der Waals surface area (Å²) in [6, 6.07) is 12.1. The number of carbonyl (C=O) groups excluding carboxylic acids is 1. The summed E-state index contributed by atoms with van der Waals surface area (Å²) in [5.41, 5.74) is 1.59. The molecule has 0 heterocycles. The average Bonchev–Trinajstić information content (AvgIpc) is 2.50. The normalized spacial score (nSPS) is 13.4. The van der Waals surface area contributed by atoms with Crippen molar-refractivity contribution in [3.63, 3.8) is 0 Å². The van der Waals surface area contributed by atoms with Gasteiger partial charge < -0.3 is 5.32 Å². The summed E-state index contributed by atoms with van der Waals surface area (Å²) in [7, 11) is 0. The van der Waals surface area contributed by atoms with E-state index in [0.717, 1.165) is 5.56 Å². The zero-order chi connectivity index (χ0) is 17.0. The number of halogens is 3. The summed E-state index contributed by atoms with van der Waals surface area (Å²) in [6.45, 7) is 3.79. The van der Waals surface area contributed by atoms with Crippen molar-refractivity contribution in [3.8, 4) is 0 Å². The number of amides is 1. The minimum Gasteiger partial charge on any atom is -0.323 e. The van der Waals surface area contributed by atoms with Crippen LogP contribution in [-0.4, -0.2) is 11.9 Å². The van der Waals surface area contributed by atoms with E-state index in [1.54, 1.807) is 25.1 Å². The van der Waals surface area contributed by atoms with Gasteiger partial charge in [-0.15, -0.1) is 0 Å². The fourth-order valence-corrected chi connectivity index (χ4v) is 2.71. The summed E-state index contributed by atoms with van der Waals surface area (Å²) >= 11 is 17.8. The van der Waals surface area contributed by atoms with Gasteiger partial charge in [0, 0.05) is 16.1 Å². The van der Waals surface area contributed by atoms with E-state index < -0.39 is 6.04 Å². The molecule has 3 nitrogen and oxygen atoms in total. The van der Waals surface area contributed by atoms with Crippen LogP contribution < -0.4 is 10.6 Å². The molecular weight excluding hydrogens is 355 g/mol. The third-order valence-electron chi connectivity index (χ3n) is 3.45. The molecule has 2 rings (SSSR count). The molecule has 0 fully saturated rings. The number of hydrogen-bond acceptors (Lipinski definition) is 2. The van der Waals surface area contributed by atoms with E-state index in [-0.39, 0.29) is 11.9 Å². The second kappa shape index (κ2) is 8.02. The first-order valence-corrected chi connectivity index (χ1v) is 8.27. The molecule has 0 radical (unpaired) electrons. The highest BCUT2D eigenvalue weighted by Crippen LogP contribution is 2.25. The monoisotopic (exact) mass is 370 g/mol. The maximum atomic E-state index is 12.3. The number of anilines is 1. The summed E-state index contributed by atoms with van der Waals surface area (Å²) in [6.07, 6.45) is 0. The maximum absolute atomic E-state index is 12.3. The van der Waals surface area contributed by atoms with Crippen molar-refractivity contribution in [1.29, 1.82) is 0 Å². The molecule has 0 spiro atoms. The largest absolute Gasteiger partial charge is 0.323 e. The van der Waals surface area contributed by atoms with Gasteiger partial charge in [-0.05, 0) is 49.7 Å². The Hall–Kier alpha value is -1.26. The highest BCUT2D eigenvalue weighted by molar-refractivity contribution is 6.36. The van der Waals surface area contributed by atoms with E-state index in [0.29, 0.717) is 20.8 Å². The number of benzene rings is 2.